The summed E-state index contributed by atoms with van der Waals surface area (Å²) in [7, 11) is 0. The van der Waals surface area contributed by atoms with E-state index < -0.39 is 0 Å². The van der Waals surface area contributed by atoms with Crippen molar-refractivity contribution in [2.24, 2.45) is 11.3 Å². The lowest BCUT2D eigenvalue weighted by molar-refractivity contribution is -0.190. The number of carbonyl (C=O) groups is 1. The Bertz CT molecular complexity index is 1660. The molecule has 0 aromatic carbocycles. The molecule has 3 aliphatic rings. The van der Waals surface area contributed by atoms with Gasteiger partial charge in [-0.25, -0.2) is 14.5 Å². The van der Waals surface area contributed by atoms with Gasteiger partial charge in [0, 0.05) is 42.4 Å². The summed E-state index contributed by atoms with van der Waals surface area (Å²) in [4.78, 5) is 33.6. The molecular weight excluding hydrogens is 528 g/mol. The van der Waals surface area contributed by atoms with Crippen molar-refractivity contribution < 1.29 is 9.53 Å². The molecule has 42 heavy (non-hydrogen) atoms. The first-order chi connectivity index (χ1) is 20.2. The van der Waals surface area contributed by atoms with E-state index in [2.05, 4.69) is 84.7 Å². The predicted molar refractivity (Wildman–Crippen MR) is 164 cm³/mol. The zero-order valence-corrected chi connectivity index (χ0v) is 25.6. The van der Waals surface area contributed by atoms with E-state index in [4.69, 9.17) is 9.72 Å². The van der Waals surface area contributed by atoms with Crippen LogP contribution in [0.5, 0.6) is 0 Å². The minimum atomic E-state index is 0.211. The van der Waals surface area contributed by atoms with E-state index in [1.165, 1.54) is 11.1 Å². The molecule has 3 fully saturated rings. The van der Waals surface area contributed by atoms with Gasteiger partial charge in [-0.15, -0.1) is 0 Å². The molecule has 1 spiro atoms. The second-order valence-electron chi connectivity index (χ2n) is 13.3. The molecule has 2 atom stereocenters. The van der Waals surface area contributed by atoms with E-state index in [1.54, 1.807) is 6.33 Å². The van der Waals surface area contributed by atoms with Gasteiger partial charge in [0.1, 0.15) is 12.1 Å². The summed E-state index contributed by atoms with van der Waals surface area (Å²) in [5.74, 6) is 1.84. The van der Waals surface area contributed by atoms with Gasteiger partial charge in [-0.05, 0) is 48.9 Å². The van der Waals surface area contributed by atoms with E-state index in [0.717, 1.165) is 78.6 Å². The first-order valence-electron chi connectivity index (χ1n) is 15.3. The topological polar surface area (TPSA) is 94.9 Å². The number of carbonyl (C=O) groups excluding carboxylic acids is 1. The van der Waals surface area contributed by atoms with Gasteiger partial charge >= 0.3 is 0 Å². The molecule has 222 valence electrons. The molecule has 7 rings (SSSR count). The molecule has 10 heteroatoms. The molecule has 1 N–H and O–H groups in total. The van der Waals surface area contributed by atoms with Crippen LogP contribution in [0.4, 0.5) is 5.82 Å². The highest BCUT2D eigenvalue weighted by Gasteiger charge is 2.49. The van der Waals surface area contributed by atoms with Crippen LogP contribution in [0.25, 0.3) is 27.9 Å². The Hall–Kier alpha value is -3.50. The van der Waals surface area contributed by atoms with Crippen LogP contribution in [-0.4, -0.2) is 92.4 Å². The quantitative estimate of drug-likeness (QED) is 0.353. The van der Waals surface area contributed by atoms with Gasteiger partial charge in [-0.1, -0.05) is 34.1 Å². The Balaban J connectivity index is 1.21. The van der Waals surface area contributed by atoms with Gasteiger partial charge in [0.25, 0.3) is 0 Å². The Kier molecular flexibility index (Phi) is 6.54. The average Bonchev–Trinajstić information content (AvgIpc) is 3.67. The molecule has 0 bridgehead atoms. The number of fused-ring (bicyclic) bond motifs is 2. The number of aromatic amines is 1. The first kappa shape index (κ1) is 27.3. The number of nitrogens with zero attached hydrogens (tertiary/aromatic N) is 7. The standard InChI is InChI=1S/C32H42N8O2/c1-7-20(4)25-11-38(27(41)12-37-13-32(14-37)15-42-16-32)18-39(25)26-9-8-24-30(36-26)28(19(2)3)29(35-24)23-10-40-31(33-17-34-40)22(6)21(23)5/h8-10,17,19-20,25,35H,7,11-16,18H2,1-6H3/t20-,25?/m0/s1. The third-order valence-corrected chi connectivity index (χ3v) is 10.0. The van der Waals surface area contributed by atoms with Gasteiger partial charge in [-0.3, -0.25) is 9.69 Å². The summed E-state index contributed by atoms with van der Waals surface area (Å²) in [6.45, 7) is 18.7. The number of likely N-dealkylation sites (tertiary alicyclic amines) is 1. The smallest absolute Gasteiger partial charge is 0.238 e. The summed E-state index contributed by atoms with van der Waals surface area (Å²) in [6.07, 6.45) is 4.73. The largest absolute Gasteiger partial charge is 0.380 e. The fraction of sp³-hybridized carbons (Fsp3) is 0.562. The van der Waals surface area contributed by atoms with Crippen molar-refractivity contribution in [3.63, 3.8) is 0 Å². The van der Waals surface area contributed by atoms with Crippen LogP contribution < -0.4 is 4.90 Å². The van der Waals surface area contributed by atoms with Crippen LogP contribution in [-0.2, 0) is 9.53 Å². The van der Waals surface area contributed by atoms with Crippen molar-refractivity contribution in [3.8, 4) is 11.3 Å². The molecule has 4 aromatic rings. The lowest BCUT2D eigenvalue weighted by Gasteiger charge is -2.55. The van der Waals surface area contributed by atoms with Gasteiger partial charge in [-0.2, -0.15) is 5.10 Å². The maximum absolute atomic E-state index is 13.4. The van der Waals surface area contributed by atoms with Crippen LogP contribution >= 0.6 is 0 Å². The molecule has 4 aromatic heterocycles. The number of H-pyrrole nitrogens is 1. The summed E-state index contributed by atoms with van der Waals surface area (Å²) < 4.78 is 7.27. The highest BCUT2D eigenvalue weighted by atomic mass is 16.5. The van der Waals surface area contributed by atoms with Crippen LogP contribution in [0, 0.1) is 25.2 Å². The number of hydrogen-bond acceptors (Lipinski definition) is 7. The van der Waals surface area contributed by atoms with E-state index in [1.807, 2.05) is 9.42 Å². The molecule has 7 heterocycles. The number of nitrogens with one attached hydrogen (secondary N) is 1. The van der Waals surface area contributed by atoms with E-state index in [-0.39, 0.29) is 17.9 Å². The monoisotopic (exact) mass is 570 g/mol. The fourth-order valence-electron chi connectivity index (χ4n) is 7.20. The maximum Gasteiger partial charge on any atom is 0.238 e. The Morgan fingerprint density at radius 2 is 1.95 bits per heavy atom. The third-order valence-electron chi connectivity index (χ3n) is 10.0. The highest BCUT2D eigenvalue weighted by Crippen LogP contribution is 2.40. The number of anilines is 1. The number of ether oxygens (including phenoxy) is 1. The predicted octanol–water partition coefficient (Wildman–Crippen LogP) is 4.37. The number of aryl methyl sites for hydroxylation is 1. The Morgan fingerprint density at radius 3 is 2.64 bits per heavy atom. The minimum Gasteiger partial charge on any atom is -0.380 e. The summed E-state index contributed by atoms with van der Waals surface area (Å²) in [6, 6.07) is 4.50. The molecule has 1 unspecified atom stereocenters. The van der Waals surface area contributed by atoms with Crippen molar-refractivity contribution in [1.29, 1.82) is 0 Å². The fourth-order valence-corrected chi connectivity index (χ4v) is 7.20. The van der Waals surface area contributed by atoms with Crippen molar-refractivity contribution in [2.45, 2.75) is 59.9 Å². The highest BCUT2D eigenvalue weighted by molar-refractivity contribution is 5.90. The number of pyridine rings is 2. The van der Waals surface area contributed by atoms with Gasteiger partial charge in [0.2, 0.25) is 5.91 Å². The zero-order chi connectivity index (χ0) is 29.3. The van der Waals surface area contributed by atoms with Crippen LogP contribution in [0.1, 0.15) is 56.7 Å². The Labute approximate surface area is 247 Å². The molecule has 0 radical (unpaired) electrons. The zero-order valence-electron chi connectivity index (χ0n) is 25.6. The summed E-state index contributed by atoms with van der Waals surface area (Å²) in [5, 5.41) is 4.43. The lowest BCUT2D eigenvalue weighted by atomic mass is 9.78. The van der Waals surface area contributed by atoms with Crippen LogP contribution in [0.3, 0.4) is 0 Å². The van der Waals surface area contributed by atoms with E-state index in [9.17, 15) is 4.79 Å². The number of aromatic nitrogens is 5. The van der Waals surface area contributed by atoms with Crippen molar-refractivity contribution in [1.82, 2.24) is 34.4 Å². The lowest BCUT2D eigenvalue weighted by Crippen LogP contribution is -2.67. The molecule has 0 aliphatic carbocycles. The van der Waals surface area contributed by atoms with Crippen molar-refractivity contribution in [2.75, 3.05) is 51.0 Å². The van der Waals surface area contributed by atoms with Gasteiger partial charge < -0.3 is 19.5 Å². The molecular formula is C32H42N8O2. The normalized spacial score (nSPS) is 21.1. The molecule has 3 saturated heterocycles. The van der Waals surface area contributed by atoms with Crippen LogP contribution in [0.2, 0.25) is 0 Å². The molecule has 3 aliphatic heterocycles. The maximum atomic E-state index is 13.4. The number of rotatable bonds is 7. The third kappa shape index (κ3) is 4.29. The van der Waals surface area contributed by atoms with Gasteiger partial charge in [0.15, 0.2) is 5.65 Å². The molecule has 0 saturated carbocycles. The average molecular weight is 571 g/mol. The first-order valence-corrected chi connectivity index (χ1v) is 15.3. The summed E-state index contributed by atoms with van der Waals surface area (Å²) in [5.41, 5.74) is 8.93. The van der Waals surface area contributed by atoms with E-state index in [0.29, 0.717) is 24.5 Å². The minimum absolute atomic E-state index is 0.211. The Morgan fingerprint density at radius 1 is 1.17 bits per heavy atom. The second kappa shape index (κ2) is 10.1. The number of amides is 1. The molecule has 10 nitrogen and oxygen atoms in total. The SMILES string of the molecule is CC[C@H](C)C1CN(C(=O)CN2CC3(COC3)C2)CN1c1ccc2[nH]c(-c3cn4ncnc4c(C)c3C)c(C(C)C)c2n1. The van der Waals surface area contributed by atoms with Crippen molar-refractivity contribution >= 4 is 28.4 Å². The summed E-state index contributed by atoms with van der Waals surface area (Å²) >= 11 is 0. The second-order valence-corrected chi connectivity index (χ2v) is 13.3. The van der Waals surface area contributed by atoms with Crippen molar-refractivity contribution in [3.05, 3.63) is 41.3 Å². The van der Waals surface area contributed by atoms with E-state index >= 15 is 0 Å². The number of hydrogen-bond donors (Lipinski definition) is 1. The van der Waals surface area contributed by atoms with Crippen LogP contribution in [0.15, 0.2) is 24.7 Å². The van der Waals surface area contributed by atoms with Gasteiger partial charge in [0.05, 0.1) is 49.2 Å². The molecule has 1 amide bonds.